The normalized spacial score (nSPS) is 14.0. The van der Waals surface area contributed by atoms with Crippen LogP contribution in [-0.4, -0.2) is 22.5 Å². The van der Waals surface area contributed by atoms with E-state index in [1.807, 2.05) is 0 Å². The molecule has 0 spiro atoms. The number of nitrogens with one attached hydrogen (secondary N) is 1. The van der Waals surface area contributed by atoms with Gasteiger partial charge in [-0.1, -0.05) is 0 Å². The maximum absolute atomic E-state index is 9.61. The lowest BCUT2D eigenvalue weighted by molar-refractivity contribution is 0.289. The fourth-order valence-electron chi connectivity index (χ4n) is 0.109. The van der Waals surface area contributed by atoms with Crippen molar-refractivity contribution in [2.24, 2.45) is 0 Å². The number of rotatable bonds is 3. The first-order valence-corrected chi connectivity index (χ1v) is 2.69. The van der Waals surface area contributed by atoms with Crippen LogP contribution in [0.25, 0.3) is 0 Å². The molecule has 0 aromatic rings. The van der Waals surface area contributed by atoms with Gasteiger partial charge in [0.15, 0.2) is 0 Å². The molecule has 1 unspecified atom stereocenters. The Balaban J connectivity index is 2.82. The van der Waals surface area contributed by atoms with Crippen LogP contribution in [-0.2, 0) is 15.5 Å². The van der Waals surface area contributed by atoms with Crippen molar-refractivity contribution < 1.29 is 12.9 Å². The molecule has 0 saturated carbocycles. The van der Waals surface area contributed by atoms with Crippen LogP contribution in [0.3, 0.4) is 0 Å². The molecule has 2 N–H and O–H groups in total. The standard InChI is InChI=1S/C2H7NO3S/c1-3-2-6-7(4)5/h3H,2H2,1H3,(H,4,5). The van der Waals surface area contributed by atoms with E-state index < -0.39 is 11.4 Å². The molecule has 0 aromatic heterocycles. The molecule has 0 amide bonds. The third-order valence-corrected chi connectivity index (χ3v) is 0.624. The monoisotopic (exact) mass is 125 g/mol. The SMILES string of the molecule is CNCOS(=O)O. The summed E-state index contributed by atoms with van der Waals surface area (Å²) in [5, 5.41) is 2.52. The van der Waals surface area contributed by atoms with Gasteiger partial charge in [-0.2, -0.15) is 4.21 Å². The zero-order valence-electron chi connectivity index (χ0n) is 3.88. The topological polar surface area (TPSA) is 58.6 Å². The Morgan fingerprint density at radius 1 is 2.00 bits per heavy atom. The summed E-state index contributed by atoms with van der Waals surface area (Å²) in [6.45, 7) is 0.100. The third kappa shape index (κ3) is 6.03. The second-order valence-electron chi connectivity index (χ2n) is 0.833. The van der Waals surface area contributed by atoms with Crippen LogP contribution in [0.1, 0.15) is 0 Å². The van der Waals surface area contributed by atoms with Gasteiger partial charge in [0.05, 0.1) is 0 Å². The molecular weight excluding hydrogens is 118 g/mol. The maximum Gasteiger partial charge on any atom is 0.303 e. The Hall–Kier alpha value is 0.0300. The molecular formula is C2H7NO3S. The van der Waals surface area contributed by atoms with Crippen molar-refractivity contribution in [1.29, 1.82) is 0 Å². The first-order chi connectivity index (χ1) is 3.27. The lowest BCUT2D eigenvalue weighted by Gasteiger charge is -1.91. The predicted octanol–water partition coefficient (Wildman–Crippen LogP) is -0.683. The van der Waals surface area contributed by atoms with Gasteiger partial charge in [0.2, 0.25) is 0 Å². The van der Waals surface area contributed by atoms with Crippen molar-refractivity contribution in [3.05, 3.63) is 0 Å². The van der Waals surface area contributed by atoms with Gasteiger partial charge < -0.3 is 0 Å². The van der Waals surface area contributed by atoms with Crippen molar-refractivity contribution >= 4 is 11.4 Å². The highest BCUT2D eigenvalue weighted by Gasteiger charge is 1.85. The predicted molar refractivity (Wildman–Crippen MR) is 25.8 cm³/mol. The number of hydrogen-bond donors (Lipinski definition) is 2. The van der Waals surface area contributed by atoms with E-state index in [4.69, 9.17) is 4.55 Å². The number of hydrogen-bond acceptors (Lipinski definition) is 3. The highest BCUT2D eigenvalue weighted by atomic mass is 32.2. The van der Waals surface area contributed by atoms with Gasteiger partial charge in [0, 0.05) is 0 Å². The van der Waals surface area contributed by atoms with E-state index in [1.54, 1.807) is 7.05 Å². The van der Waals surface area contributed by atoms with Gasteiger partial charge in [0.25, 0.3) is 0 Å². The average Bonchev–Trinajstić information content (AvgIpc) is 1.61. The molecule has 0 fully saturated rings. The Bertz CT molecular complexity index is 66.0. The smallest absolute Gasteiger partial charge is 0.297 e. The van der Waals surface area contributed by atoms with E-state index in [9.17, 15) is 4.21 Å². The molecule has 4 nitrogen and oxygen atoms in total. The summed E-state index contributed by atoms with van der Waals surface area (Å²) in [5.41, 5.74) is 0. The minimum atomic E-state index is -2.13. The molecule has 0 aliphatic carbocycles. The Labute approximate surface area is 44.4 Å². The summed E-state index contributed by atoms with van der Waals surface area (Å²) >= 11 is -2.13. The largest absolute Gasteiger partial charge is 0.303 e. The van der Waals surface area contributed by atoms with E-state index in [-0.39, 0.29) is 6.73 Å². The highest BCUT2D eigenvalue weighted by Crippen LogP contribution is 1.71. The third-order valence-electron chi connectivity index (χ3n) is 0.304. The van der Waals surface area contributed by atoms with Crippen molar-refractivity contribution in [2.75, 3.05) is 13.8 Å². The Morgan fingerprint density at radius 2 is 2.57 bits per heavy atom. The molecule has 0 saturated heterocycles. The van der Waals surface area contributed by atoms with Crippen LogP contribution >= 0.6 is 0 Å². The molecule has 0 radical (unpaired) electrons. The first kappa shape index (κ1) is 7.03. The molecule has 0 bridgehead atoms. The summed E-state index contributed by atoms with van der Waals surface area (Å²) in [4.78, 5) is 0. The zero-order chi connectivity index (χ0) is 5.70. The summed E-state index contributed by atoms with van der Waals surface area (Å²) in [7, 11) is 1.62. The van der Waals surface area contributed by atoms with E-state index >= 15 is 0 Å². The van der Waals surface area contributed by atoms with Gasteiger partial charge in [-0.15, -0.1) is 0 Å². The van der Waals surface area contributed by atoms with Crippen LogP contribution in [0.15, 0.2) is 0 Å². The molecule has 0 heterocycles. The summed E-state index contributed by atoms with van der Waals surface area (Å²) in [6, 6.07) is 0. The van der Waals surface area contributed by atoms with Crippen LogP contribution in [0.5, 0.6) is 0 Å². The summed E-state index contributed by atoms with van der Waals surface area (Å²) in [5.74, 6) is 0. The van der Waals surface area contributed by atoms with E-state index in [0.717, 1.165) is 0 Å². The quantitative estimate of drug-likeness (QED) is 0.387. The second kappa shape index (κ2) is 4.20. The summed E-state index contributed by atoms with van der Waals surface area (Å²) < 4.78 is 21.6. The molecule has 0 aromatic carbocycles. The molecule has 0 aliphatic heterocycles. The fourth-order valence-corrected chi connectivity index (χ4v) is 0.328. The highest BCUT2D eigenvalue weighted by molar-refractivity contribution is 7.74. The van der Waals surface area contributed by atoms with Crippen molar-refractivity contribution in [3.8, 4) is 0 Å². The molecule has 7 heavy (non-hydrogen) atoms. The maximum atomic E-state index is 9.61. The fraction of sp³-hybridized carbons (Fsp3) is 1.00. The van der Waals surface area contributed by atoms with Crippen LogP contribution in [0.2, 0.25) is 0 Å². The Morgan fingerprint density at radius 3 is 2.71 bits per heavy atom. The average molecular weight is 125 g/mol. The van der Waals surface area contributed by atoms with Crippen molar-refractivity contribution in [2.45, 2.75) is 0 Å². The molecule has 0 rings (SSSR count). The lowest BCUT2D eigenvalue weighted by Crippen LogP contribution is -2.12. The first-order valence-electron chi connectivity index (χ1n) is 1.66. The molecule has 1 atom stereocenters. The van der Waals surface area contributed by atoms with E-state index in [1.165, 1.54) is 0 Å². The van der Waals surface area contributed by atoms with Gasteiger partial charge in [0.1, 0.15) is 6.73 Å². The van der Waals surface area contributed by atoms with Crippen LogP contribution in [0, 0.1) is 0 Å². The second-order valence-corrected chi connectivity index (χ2v) is 1.50. The zero-order valence-corrected chi connectivity index (χ0v) is 4.70. The molecule has 0 aliphatic rings. The molecule has 5 heteroatoms. The van der Waals surface area contributed by atoms with Crippen LogP contribution in [0.4, 0.5) is 0 Å². The Kier molecular flexibility index (Phi) is 4.21. The lowest BCUT2D eigenvalue weighted by atomic mass is 11.2. The summed E-state index contributed by atoms with van der Waals surface area (Å²) in [6.07, 6.45) is 0. The van der Waals surface area contributed by atoms with Crippen molar-refractivity contribution in [1.82, 2.24) is 5.32 Å². The van der Waals surface area contributed by atoms with Gasteiger partial charge in [-0.25, -0.2) is 0 Å². The minimum absolute atomic E-state index is 0.100. The van der Waals surface area contributed by atoms with Gasteiger partial charge in [-0.05, 0) is 7.05 Å². The van der Waals surface area contributed by atoms with E-state index in [0.29, 0.717) is 0 Å². The van der Waals surface area contributed by atoms with E-state index in [2.05, 4.69) is 9.50 Å². The minimum Gasteiger partial charge on any atom is -0.297 e. The van der Waals surface area contributed by atoms with Gasteiger partial charge >= 0.3 is 11.4 Å². The van der Waals surface area contributed by atoms with Crippen molar-refractivity contribution in [3.63, 3.8) is 0 Å². The van der Waals surface area contributed by atoms with Crippen LogP contribution < -0.4 is 5.32 Å². The molecule has 44 valence electrons. The van der Waals surface area contributed by atoms with Gasteiger partial charge in [-0.3, -0.25) is 14.1 Å².